The van der Waals surface area contributed by atoms with Gasteiger partial charge in [-0.05, 0) is 29.3 Å². The van der Waals surface area contributed by atoms with Crippen molar-refractivity contribution in [2.24, 2.45) is 0 Å². The number of carbonyl (C=O) groups is 1. The van der Waals surface area contributed by atoms with Crippen LogP contribution < -0.4 is 0 Å². The van der Waals surface area contributed by atoms with Gasteiger partial charge in [0.2, 0.25) is 5.91 Å². The summed E-state index contributed by atoms with van der Waals surface area (Å²) in [5, 5.41) is 8.74. The van der Waals surface area contributed by atoms with E-state index < -0.39 is 21.5 Å². The van der Waals surface area contributed by atoms with E-state index in [2.05, 4.69) is 4.98 Å². The van der Waals surface area contributed by atoms with E-state index in [0.717, 1.165) is 5.56 Å². The van der Waals surface area contributed by atoms with E-state index in [1.807, 2.05) is 12.1 Å². The summed E-state index contributed by atoms with van der Waals surface area (Å²) in [7, 11) is -2.02. The first-order chi connectivity index (χ1) is 11.4. The number of hydrogen-bond acceptors (Lipinski definition) is 5. The molecule has 2 rings (SSSR count). The number of hydrogen-bond donors (Lipinski definition) is 0. The van der Waals surface area contributed by atoms with Crippen LogP contribution in [0, 0.1) is 11.3 Å². The summed E-state index contributed by atoms with van der Waals surface area (Å²) < 4.78 is 24.4. The van der Waals surface area contributed by atoms with Gasteiger partial charge in [0.05, 0.1) is 17.4 Å². The maximum atomic E-state index is 12.2. The Hall–Kier alpha value is -2.72. The van der Waals surface area contributed by atoms with Crippen molar-refractivity contribution in [1.82, 2.24) is 9.88 Å². The molecule has 0 fully saturated rings. The number of benzene rings is 1. The molecule has 0 radical (unpaired) electrons. The lowest BCUT2D eigenvalue weighted by Crippen LogP contribution is -2.32. The second-order valence-electron chi connectivity index (χ2n) is 5.45. The van der Waals surface area contributed by atoms with Gasteiger partial charge >= 0.3 is 0 Å². The zero-order valence-electron chi connectivity index (χ0n) is 13.2. The van der Waals surface area contributed by atoms with E-state index in [1.165, 1.54) is 4.90 Å². The molecule has 0 unspecified atom stereocenters. The third kappa shape index (κ3) is 5.18. The summed E-state index contributed by atoms with van der Waals surface area (Å²) in [6.07, 6.45) is 3.27. The van der Waals surface area contributed by atoms with Crippen molar-refractivity contribution < 1.29 is 13.2 Å². The predicted molar refractivity (Wildman–Crippen MR) is 89.4 cm³/mol. The van der Waals surface area contributed by atoms with Crippen molar-refractivity contribution in [1.29, 1.82) is 5.26 Å². The third-order valence-corrected chi connectivity index (χ3v) is 4.84. The van der Waals surface area contributed by atoms with Gasteiger partial charge in [0.1, 0.15) is 5.75 Å². The van der Waals surface area contributed by atoms with Crippen LogP contribution in [0.4, 0.5) is 0 Å². The average Bonchev–Trinajstić information content (AvgIpc) is 2.55. The molecule has 1 aromatic carbocycles. The van der Waals surface area contributed by atoms with E-state index in [-0.39, 0.29) is 5.75 Å². The van der Waals surface area contributed by atoms with Crippen LogP contribution >= 0.6 is 0 Å². The van der Waals surface area contributed by atoms with Gasteiger partial charge in [-0.3, -0.25) is 9.78 Å². The Labute approximate surface area is 141 Å². The molecule has 0 atom stereocenters. The lowest BCUT2D eigenvalue weighted by molar-refractivity contribution is -0.127. The fourth-order valence-electron chi connectivity index (χ4n) is 2.13. The first kappa shape index (κ1) is 17.6. The van der Waals surface area contributed by atoms with Crippen LogP contribution in [0.15, 0.2) is 48.8 Å². The van der Waals surface area contributed by atoms with Gasteiger partial charge < -0.3 is 4.90 Å². The van der Waals surface area contributed by atoms with Crippen molar-refractivity contribution in [2.75, 3.05) is 12.8 Å². The number of nitrogens with zero attached hydrogens (tertiary/aromatic N) is 3. The minimum Gasteiger partial charge on any atom is -0.340 e. The van der Waals surface area contributed by atoms with Crippen molar-refractivity contribution in [3.8, 4) is 6.07 Å². The number of rotatable bonds is 6. The highest BCUT2D eigenvalue weighted by atomic mass is 32.2. The summed E-state index contributed by atoms with van der Waals surface area (Å²) in [6, 6.07) is 11.8. The largest absolute Gasteiger partial charge is 0.340 e. The fourth-order valence-corrected chi connectivity index (χ4v) is 3.53. The molecule has 0 aliphatic heterocycles. The SMILES string of the molecule is CN(Cc1cccnc1)C(=O)CS(=O)(=O)Cc1ccc(C#N)cc1. The normalized spacial score (nSPS) is 10.8. The quantitative estimate of drug-likeness (QED) is 0.793. The molecule has 0 saturated carbocycles. The molecule has 1 aromatic heterocycles. The number of amides is 1. The topological polar surface area (TPSA) is 91.1 Å². The van der Waals surface area contributed by atoms with Crippen LogP contribution in [0.1, 0.15) is 16.7 Å². The molecule has 0 N–H and O–H groups in total. The summed E-state index contributed by atoms with van der Waals surface area (Å²) in [5.41, 5.74) is 1.85. The third-order valence-electron chi connectivity index (χ3n) is 3.38. The van der Waals surface area contributed by atoms with Gasteiger partial charge in [-0.25, -0.2) is 8.42 Å². The Bertz CT molecular complexity index is 841. The van der Waals surface area contributed by atoms with E-state index in [4.69, 9.17) is 5.26 Å². The van der Waals surface area contributed by atoms with Crippen LogP contribution in [0.25, 0.3) is 0 Å². The molecule has 1 amide bonds. The Morgan fingerprint density at radius 1 is 1.21 bits per heavy atom. The number of aromatic nitrogens is 1. The standard InChI is InChI=1S/C17H17N3O3S/c1-20(11-16-3-2-8-19-10-16)17(21)13-24(22,23)12-15-6-4-14(9-18)5-7-15/h2-8,10H,11-13H2,1H3. The first-order valence-electron chi connectivity index (χ1n) is 7.22. The molecule has 7 heteroatoms. The summed E-state index contributed by atoms with van der Waals surface area (Å²) >= 11 is 0. The number of pyridine rings is 1. The highest BCUT2D eigenvalue weighted by molar-refractivity contribution is 7.91. The van der Waals surface area contributed by atoms with Crippen molar-refractivity contribution in [3.63, 3.8) is 0 Å². The van der Waals surface area contributed by atoms with E-state index >= 15 is 0 Å². The molecule has 0 aliphatic carbocycles. The molecule has 0 aliphatic rings. The number of carbonyl (C=O) groups excluding carboxylic acids is 1. The Balaban J connectivity index is 1.97. The van der Waals surface area contributed by atoms with Gasteiger partial charge in [-0.15, -0.1) is 0 Å². The minimum atomic E-state index is -3.58. The molecular weight excluding hydrogens is 326 g/mol. The smallest absolute Gasteiger partial charge is 0.237 e. The van der Waals surface area contributed by atoms with E-state index in [1.54, 1.807) is 49.8 Å². The van der Waals surface area contributed by atoms with E-state index in [9.17, 15) is 13.2 Å². The monoisotopic (exact) mass is 343 g/mol. The Morgan fingerprint density at radius 3 is 2.50 bits per heavy atom. The molecule has 24 heavy (non-hydrogen) atoms. The Kier molecular flexibility index (Phi) is 5.66. The van der Waals surface area contributed by atoms with Gasteiger partial charge in [0.25, 0.3) is 0 Å². The summed E-state index contributed by atoms with van der Waals surface area (Å²) in [5.74, 6) is -1.25. The van der Waals surface area contributed by atoms with Crippen molar-refractivity contribution in [2.45, 2.75) is 12.3 Å². The van der Waals surface area contributed by atoms with Gasteiger partial charge in [0.15, 0.2) is 9.84 Å². The highest BCUT2D eigenvalue weighted by Crippen LogP contribution is 2.10. The lowest BCUT2D eigenvalue weighted by atomic mass is 10.2. The van der Waals surface area contributed by atoms with E-state index in [0.29, 0.717) is 17.7 Å². The molecule has 1 heterocycles. The summed E-state index contributed by atoms with van der Waals surface area (Å²) in [6.45, 7) is 0.305. The second kappa shape index (κ2) is 7.70. The van der Waals surface area contributed by atoms with Gasteiger partial charge in [0, 0.05) is 26.0 Å². The summed E-state index contributed by atoms with van der Waals surface area (Å²) in [4.78, 5) is 17.5. The van der Waals surface area contributed by atoms with Gasteiger partial charge in [-0.1, -0.05) is 18.2 Å². The molecule has 124 valence electrons. The van der Waals surface area contributed by atoms with Crippen LogP contribution in [0.2, 0.25) is 0 Å². The molecule has 0 bridgehead atoms. The Morgan fingerprint density at radius 2 is 1.92 bits per heavy atom. The van der Waals surface area contributed by atoms with Crippen molar-refractivity contribution >= 4 is 15.7 Å². The second-order valence-corrected chi connectivity index (χ2v) is 7.52. The predicted octanol–water partition coefficient (Wildman–Crippen LogP) is 1.53. The first-order valence-corrected chi connectivity index (χ1v) is 9.04. The number of nitriles is 1. The molecule has 6 nitrogen and oxygen atoms in total. The minimum absolute atomic E-state index is 0.231. The maximum absolute atomic E-state index is 12.2. The average molecular weight is 343 g/mol. The van der Waals surface area contributed by atoms with Crippen LogP contribution in [0.3, 0.4) is 0 Å². The van der Waals surface area contributed by atoms with Crippen molar-refractivity contribution in [3.05, 3.63) is 65.5 Å². The highest BCUT2D eigenvalue weighted by Gasteiger charge is 2.20. The number of sulfone groups is 1. The zero-order valence-corrected chi connectivity index (χ0v) is 14.0. The molecular formula is C17H17N3O3S. The molecule has 0 spiro atoms. The zero-order chi connectivity index (χ0) is 17.6. The van der Waals surface area contributed by atoms with Crippen LogP contribution in [-0.2, 0) is 26.9 Å². The lowest BCUT2D eigenvalue weighted by Gasteiger charge is -2.17. The maximum Gasteiger partial charge on any atom is 0.237 e. The fraction of sp³-hybridized carbons (Fsp3) is 0.235. The van der Waals surface area contributed by atoms with Crippen LogP contribution in [-0.4, -0.2) is 37.0 Å². The van der Waals surface area contributed by atoms with Crippen LogP contribution in [0.5, 0.6) is 0 Å². The van der Waals surface area contributed by atoms with Gasteiger partial charge in [-0.2, -0.15) is 5.26 Å². The molecule has 2 aromatic rings. The molecule has 0 saturated heterocycles.